The highest BCUT2D eigenvalue weighted by atomic mass is 15.2. The quantitative estimate of drug-likeness (QED) is 0.798. The topological polar surface area (TPSA) is 18.5 Å². The molecule has 3 unspecified atom stereocenters. The second-order valence-electron chi connectivity index (χ2n) is 6.97. The van der Waals surface area contributed by atoms with E-state index in [9.17, 15) is 0 Å². The number of rotatable bonds is 6. The zero-order valence-electron chi connectivity index (χ0n) is 13.9. The molecule has 0 aromatic heterocycles. The van der Waals surface area contributed by atoms with Crippen molar-refractivity contribution in [1.29, 1.82) is 0 Å². The van der Waals surface area contributed by atoms with Gasteiger partial charge in [0.2, 0.25) is 0 Å². The third-order valence-electron chi connectivity index (χ3n) is 4.46. The summed E-state index contributed by atoms with van der Waals surface area (Å²) in [5.74, 6) is 1.46. The van der Waals surface area contributed by atoms with Crippen LogP contribution in [0.2, 0.25) is 0 Å². The molecule has 0 radical (unpaired) electrons. The first kappa shape index (κ1) is 16.9. The molecule has 0 aromatic carbocycles. The second-order valence-corrected chi connectivity index (χ2v) is 6.97. The van der Waals surface area contributed by atoms with Crippen molar-refractivity contribution < 1.29 is 0 Å². The van der Waals surface area contributed by atoms with Crippen molar-refractivity contribution in [1.82, 2.24) is 15.1 Å². The van der Waals surface area contributed by atoms with Crippen molar-refractivity contribution in [2.75, 3.05) is 39.8 Å². The standard InChI is InChI=1S/C16H35N3/c1-13(2)10-17-11-14(3)16(5)19-9-7-8-18(6)12-15(19)4/h13-17H,7-12H2,1-6H3. The molecule has 1 saturated heterocycles. The normalized spacial score (nSPS) is 26.4. The van der Waals surface area contributed by atoms with Crippen LogP contribution in [0.4, 0.5) is 0 Å². The highest BCUT2D eigenvalue weighted by Gasteiger charge is 2.26. The molecule has 1 aliphatic heterocycles. The molecule has 0 spiro atoms. The maximum Gasteiger partial charge on any atom is 0.0197 e. The number of nitrogens with one attached hydrogen (secondary N) is 1. The highest BCUT2D eigenvalue weighted by Crippen LogP contribution is 2.17. The summed E-state index contributed by atoms with van der Waals surface area (Å²) < 4.78 is 0. The van der Waals surface area contributed by atoms with Gasteiger partial charge in [-0.15, -0.1) is 0 Å². The van der Waals surface area contributed by atoms with Gasteiger partial charge in [-0.3, -0.25) is 4.90 Å². The lowest BCUT2D eigenvalue weighted by atomic mass is 10.00. The van der Waals surface area contributed by atoms with Gasteiger partial charge in [-0.25, -0.2) is 0 Å². The fourth-order valence-corrected chi connectivity index (χ4v) is 3.09. The van der Waals surface area contributed by atoms with Crippen molar-refractivity contribution in [3.8, 4) is 0 Å². The average Bonchev–Trinajstić information content (AvgIpc) is 2.48. The summed E-state index contributed by atoms with van der Waals surface area (Å²) in [6, 6.07) is 1.34. The van der Waals surface area contributed by atoms with Gasteiger partial charge in [0.15, 0.2) is 0 Å². The first-order chi connectivity index (χ1) is 8.91. The Hall–Kier alpha value is -0.120. The molecule has 1 rings (SSSR count). The van der Waals surface area contributed by atoms with Crippen LogP contribution in [0.5, 0.6) is 0 Å². The lowest BCUT2D eigenvalue weighted by Gasteiger charge is -2.37. The molecule has 0 aromatic rings. The third-order valence-corrected chi connectivity index (χ3v) is 4.46. The van der Waals surface area contributed by atoms with Gasteiger partial charge in [0.1, 0.15) is 0 Å². The van der Waals surface area contributed by atoms with Crippen LogP contribution in [0.25, 0.3) is 0 Å². The zero-order chi connectivity index (χ0) is 14.4. The van der Waals surface area contributed by atoms with Crippen molar-refractivity contribution in [3.05, 3.63) is 0 Å². The predicted molar refractivity (Wildman–Crippen MR) is 84.6 cm³/mol. The van der Waals surface area contributed by atoms with Gasteiger partial charge in [0.25, 0.3) is 0 Å². The largest absolute Gasteiger partial charge is 0.316 e. The Balaban J connectivity index is 2.43. The molecule has 0 amide bonds. The molecule has 3 nitrogen and oxygen atoms in total. The van der Waals surface area contributed by atoms with Gasteiger partial charge in [-0.2, -0.15) is 0 Å². The molecule has 0 aliphatic carbocycles. The summed E-state index contributed by atoms with van der Waals surface area (Å²) in [5.41, 5.74) is 0. The summed E-state index contributed by atoms with van der Waals surface area (Å²) in [5, 5.41) is 3.61. The van der Waals surface area contributed by atoms with Gasteiger partial charge in [0, 0.05) is 18.6 Å². The molecule has 1 fully saturated rings. The van der Waals surface area contributed by atoms with E-state index in [-0.39, 0.29) is 0 Å². The highest BCUT2D eigenvalue weighted by molar-refractivity contribution is 4.82. The van der Waals surface area contributed by atoms with Crippen LogP contribution in [0.1, 0.15) is 41.0 Å². The lowest BCUT2D eigenvalue weighted by Crippen LogP contribution is -2.48. The monoisotopic (exact) mass is 269 g/mol. The van der Waals surface area contributed by atoms with Crippen LogP contribution in [-0.4, -0.2) is 61.7 Å². The van der Waals surface area contributed by atoms with Gasteiger partial charge in [-0.1, -0.05) is 20.8 Å². The van der Waals surface area contributed by atoms with E-state index < -0.39 is 0 Å². The maximum absolute atomic E-state index is 3.61. The van der Waals surface area contributed by atoms with E-state index in [0.29, 0.717) is 18.0 Å². The second kappa shape index (κ2) is 8.23. The number of likely N-dealkylation sites (N-methyl/N-ethyl adjacent to an activating group) is 1. The van der Waals surface area contributed by atoms with E-state index >= 15 is 0 Å². The molecular weight excluding hydrogens is 234 g/mol. The molecule has 1 aliphatic rings. The Bertz CT molecular complexity index is 242. The summed E-state index contributed by atoms with van der Waals surface area (Å²) in [6.45, 7) is 17.7. The Kier molecular flexibility index (Phi) is 7.33. The molecule has 3 heteroatoms. The summed E-state index contributed by atoms with van der Waals surface area (Å²) >= 11 is 0. The Labute approximate surface area is 120 Å². The molecule has 1 heterocycles. The van der Waals surface area contributed by atoms with E-state index in [1.165, 1.54) is 26.1 Å². The fraction of sp³-hybridized carbons (Fsp3) is 1.00. The molecular formula is C16H35N3. The smallest absolute Gasteiger partial charge is 0.0197 e. The maximum atomic E-state index is 3.61. The minimum absolute atomic E-state index is 0.668. The van der Waals surface area contributed by atoms with Gasteiger partial charge < -0.3 is 10.2 Å². The Morgan fingerprint density at radius 2 is 1.79 bits per heavy atom. The van der Waals surface area contributed by atoms with Crippen molar-refractivity contribution >= 4 is 0 Å². The van der Waals surface area contributed by atoms with E-state index in [4.69, 9.17) is 0 Å². The lowest BCUT2D eigenvalue weighted by molar-refractivity contribution is 0.115. The Morgan fingerprint density at radius 3 is 2.42 bits per heavy atom. The first-order valence-corrected chi connectivity index (χ1v) is 8.06. The van der Waals surface area contributed by atoms with E-state index in [0.717, 1.165) is 19.0 Å². The van der Waals surface area contributed by atoms with Crippen LogP contribution in [0.3, 0.4) is 0 Å². The number of hydrogen-bond donors (Lipinski definition) is 1. The molecule has 0 bridgehead atoms. The van der Waals surface area contributed by atoms with Gasteiger partial charge in [-0.05, 0) is 65.3 Å². The summed E-state index contributed by atoms with van der Waals surface area (Å²) in [7, 11) is 2.25. The molecule has 3 atom stereocenters. The van der Waals surface area contributed by atoms with Crippen LogP contribution < -0.4 is 5.32 Å². The van der Waals surface area contributed by atoms with Crippen LogP contribution in [-0.2, 0) is 0 Å². The van der Waals surface area contributed by atoms with Gasteiger partial charge in [0.05, 0.1) is 0 Å². The summed E-state index contributed by atoms with van der Waals surface area (Å²) in [4.78, 5) is 5.18. The molecule has 114 valence electrons. The molecule has 0 saturated carbocycles. The minimum atomic E-state index is 0.668. The first-order valence-electron chi connectivity index (χ1n) is 8.06. The number of hydrogen-bond acceptors (Lipinski definition) is 3. The molecule has 1 N–H and O–H groups in total. The molecule has 19 heavy (non-hydrogen) atoms. The van der Waals surface area contributed by atoms with E-state index in [1.54, 1.807) is 0 Å². The SMILES string of the molecule is CC(C)CNCC(C)C(C)N1CCCN(C)CC1C. The van der Waals surface area contributed by atoms with Crippen LogP contribution in [0, 0.1) is 11.8 Å². The third kappa shape index (κ3) is 5.80. The number of nitrogens with zero attached hydrogens (tertiary/aromatic N) is 2. The van der Waals surface area contributed by atoms with Gasteiger partial charge >= 0.3 is 0 Å². The van der Waals surface area contributed by atoms with E-state index in [2.05, 4.69) is 56.8 Å². The fourth-order valence-electron chi connectivity index (χ4n) is 3.09. The average molecular weight is 269 g/mol. The van der Waals surface area contributed by atoms with Crippen LogP contribution >= 0.6 is 0 Å². The van der Waals surface area contributed by atoms with Crippen LogP contribution in [0.15, 0.2) is 0 Å². The predicted octanol–water partition coefficient (Wildman–Crippen LogP) is 2.28. The summed E-state index contributed by atoms with van der Waals surface area (Å²) in [6.07, 6.45) is 1.30. The minimum Gasteiger partial charge on any atom is -0.316 e. The zero-order valence-corrected chi connectivity index (χ0v) is 13.9. The Morgan fingerprint density at radius 1 is 1.11 bits per heavy atom. The van der Waals surface area contributed by atoms with Crippen molar-refractivity contribution in [3.63, 3.8) is 0 Å². The van der Waals surface area contributed by atoms with Crippen molar-refractivity contribution in [2.45, 2.75) is 53.1 Å². The van der Waals surface area contributed by atoms with E-state index in [1.807, 2.05) is 0 Å². The van der Waals surface area contributed by atoms with Crippen molar-refractivity contribution in [2.24, 2.45) is 11.8 Å².